The molecule has 8 heteroatoms. The minimum atomic E-state index is -0.875. The molecule has 0 aromatic carbocycles. The maximum absolute atomic E-state index is 12.5. The van der Waals surface area contributed by atoms with E-state index in [1.54, 1.807) is 4.90 Å². The van der Waals surface area contributed by atoms with Gasteiger partial charge in [0.05, 0.1) is 13.0 Å². The van der Waals surface area contributed by atoms with Gasteiger partial charge in [-0.3, -0.25) is 9.69 Å². The van der Waals surface area contributed by atoms with Crippen LogP contribution in [0.25, 0.3) is 0 Å². The first kappa shape index (κ1) is 14.1. The molecule has 0 aromatic rings. The molecule has 1 amide bonds. The molecular weight excluding hydrogens is 278 g/mol. The SMILES string of the molecule is O=C(CCO[N+](=O)[O-])N(C1=NCCO1)C(C1CC1)C1CC1. The lowest BCUT2D eigenvalue weighted by Gasteiger charge is -2.31. The number of rotatable bonds is 7. The standard InChI is InChI=1S/C13H19N3O5/c17-11(5-7-21-16(18)19)15(13-14-6-8-20-13)12(9-1-2-9)10-3-4-10/h9-10,12H,1-8H2. The van der Waals surface area contributed by atoms with E-state index in [1.807, 2.05) is 0 Å². The molecule has 21 heavy (non-hydrogen) atoms. The molecule has 2 fully saturated rings. The molecule has 3 aliphatic rings. The van der Waals surface area contributed by atoms with Crippen LogP contribution in [0.1, 0.15) is 32.1 Å². The number of hydrogen-bond acceptors (Lipinski definition) is 6. The highest BCUT2D eigenvalue weighted by Crippen LogP contribution is 2.47. The third-order valence-electron chi connectivity index (χ3n) is 4.07. The predicted molar refractivity (Wildman–Crippen MR) is 71.9 cm³/mol. The van der Waals surface area contributed by atoms with Gasteiger partial charge in [-0.25, -0.2) is 4.99 Å². The zero-order valence-corrected chi connectivity index (χ0v) is 11.8. The van der Waals surface area contributed by atoms with E-state index in [-0.39, 0.29) is 25.0 Å². The summed E-state index contributed by atoms with van der Waals surface area (Å²) in [5, 5.41) is 9.31. The lowest BCUT2D eigenvalue weighted by atomic mass is 10.1. The van der Waals surface area contributed by atoms with Crippen LogP contribution in [-0.2, 0) is 14.4 Å². The first-order valence-electron chi connectivity index (χ1n) is 7.43. The lowest BCUT2D eigenvalue weighted by molar-refractivity contribution is -0.757. The Morgan fingerprint density at radius 3 is 2.57 bits per heavy atom. The van der Waals surface area contributed by atoms with Gasteiger partial charge < -0.3 is 9.57 Å². The van der Waals surface area contributed by atoms with Gasteiger partial charge in [0.1, 0.15) is 13.2 Å². The molecular formula is C13H19N3O5. The van der Waals surface area contributed by atoms with Crippen molar-refractivity contribution in [3.8, 4) is 0 Å². The Bertz CT molecular complexity index is 447. The van der Waals surface area contributed by atoms with Crippen LogP contribution < -0.4 is 0 Å². The molecule has 0 bridgehead atoms. The molecule has 0 spiro atoms. The minimum Gasteiger partial charge on any atom is -0.463 e. The van der Waals surface area contributed by atoms with Crippen molar-refractivity contribution in [2.45, 2.75) is 38.1 Å². The van der Waals surface area contributed by atoms with E-state index in [1.165, 1.54) is 0 Å². The van der Waals surface area contributed by atoms with Crippen LogP contribution in [0, 0.1) is 22.0 Å². The van der Waals surface area contributed by atoms with Gasteiger partial charge in [0.25, 0.3) is 11.1 Å². The number of aliphatic imine (C=N–C) groups is 1. The molecule has 0 atom stereocenters. The summed E-state index contributed by atoms with van der Waals surface area (Å²) in [5.74, 6) is 0.843. The number of hydrogen-bond donors (Lipinski definition) is 0. The Morgan fingerprint density at radius 1 is 1.43 bits per heavy atom. The average molecular weight is 297 g/mol. The Labute approximate surface area is 122 Å². The van der Waals surface area contributed by atoms with Crippen LogP contribution in [-0.4, -0.2) is 47.7 Å². The second kappa shape index (κ2) is 5.87. The van der Waals surface area contributed by atoms with E-state index < -0.39 is 5.09 Å². The lowest BCUT2D eigenvalue weighted by Crippen LogP contribution is -2.47. The number of amidine groups is 1. The summed E-state index contributed by atoms with van der Waals surface area (Å²) in [7, 11) is 0. The van der Waals surface area contributed by atoms with Gasteiger partial charge in [-0.05, 0) is 37.5 Å². The Balaban J connectivity index is 1.69. The molecule has 116 valence electrons. The van der Waals surface area contributed by atoms with Crippen LogP contribution in [0.3, 0.4) is 0 Å². The maximum atomic E-state index is 12.5. The maximum Gasteiger partial charge on any atom is 0.294 e. The van der Waals surface area contributed by atoms with Crippen molar-refractivity contribution >= 4 is 11.9 Å². The first-order valence-corrected chi connectivity index (χ1v) is 7.43. The molecule has 1 aliphatic heterocycles. The molecule has 0 N–H and O–H groups in total. The van der Waals surface area contributed by atoms with Crippen molar-refractivity contribution in [1.29, 1.82) is 0 Å². The van der Waals surface area contributed by atoms with Crippen LogP contribution in [0.5, 0.6) is 0 Å². The number of nitrogens with zero attached hydrogens (tertiary/aromatic N) is 3. The van der Waals surface area contributed by atoms with Gasteiger partial charge in [0.2, 0.25) is 5.91 Å². The van der Waals surface area contributed by atoms with E-state index >= 15 is 0 Å². The summed E-state index contributed by atoms with van der Waals surface area (Å²) in [6.45, 7) is 0.830. The van der Waals surface area contributed by atoms with E-state index in [0.717, 1.165) is 25.7 Å². The van der Waals surface area contributed by atoms with Crippen LogP contribution >= 0.6 is 0 Å². The van der Waals surface area contributed by atoms with Crippen LogP contribution in [0.2, 0.25) is 0 Å². The van der Waals surface area contributed by atoms with Crippen molar-refractivity contribution in [3.63, 3.8) is 0 Å². The van der Waals surface area contributed by atoms with E-state index in [2.05, 4.69) is 9.83 Å². The number of carbonyl (C=O) groups is 1. The smallest absolute Gasteiger partial charge is 0.294 e. The van der Waals surface area contributed by atoms with E-state index in [9.17, 15) is 14.9 Å². The second-order valence-corrected chi connectivity index (χ2v) is 5.75. The normalized spacial score (nSPS) is 20.9. The van der Waals surface area contributed by atoms with Crippen molar-refractivity contribution in [1.82, 2.24) is 4.90 Å². The quantitative estimate of drug-likeness (QED) is 0.516. The second-order valence-electron chi connectivity index (χ2n) is 5.75. The third-order valence-corrected chi connectivity index (χ3v) is 4.07. The van der Waals surface area contributed by atoms with E-state index in [4.69, 9.17) is 4.74 Å². The topological polar surface area (TPSA) is 94.3 Å². The summed E-state index contributed by atoms with van der Waals surface area (Å²) in [6, 6.07) is 0.537. The largest absolute Gasteiger partial charge is 0.463 e. The predicted octanol–water partition coefficient (Wildman–Crippen LogP) is 0.988. The molecule has 8 nitrogen and oxygen atoms in total. The minimum absolute atomic E-state index is 0.0285. The molecule has 0 unspecified atom stereocenters. The molecule has 1 heterocycles. The summed E-state index contributed by atoms with van der Waals surface area (Å²) >= 11 is 0. The zero-order chi connectivity index (χ0) is 14.8. The van der Waals surface area contributed by atoms with Crippen molar-refractivity contribution in [2.75, 3.05) is 19.8 Å². The van der Waals surface area contributed by atoms with Gasteiger partial charge in [-0.15, -0.1) is 10.1 Å². The highest BCUT2D eigenvalue weighted by Gasteiger charge is 2.48. The highest BCUT2D eigenvalue weighted by atomic mass is 16.9. The van der Waals surface area contributed by atoms with Crippen molar-refractivity contribution in [2.24, 2.45) is 16.8 Å². The van der Waals surface area contributed by atoms with Gasteiger partial charge in [0, 0.05) is 6.04 Å². The molecule has 0 saturated heterocycles. The molecule has 2 aliphatic carbocycles. The first-order chi connectivity index (χ1) is 10.2. The fourth-order valence-corrected chi connectivity index (χ4v) is 2.88. The summed E-state index contributed by atoms with van der Waals surface area (Å²) in [4.78, 5) is 32.8. The summed E-state index contributed by atoms with van der Waals surface area (Å²) < 4.78 is 5.48. The Morgan fingerprint density at radius 2 is 2.10 bits per heavy atom. The van der Waals surface area contributed by atoms with Crippen LogP contribution in [0.15, 0.2) is 4.99 Å². The number of carbonyl (C=O) groups excluding carboxylic acids is 1. The molecule has 0 radical (unpaired) electrons. The van der Waals surface area contributed by atoms with Crippen molar-refractivity contribution < 1.29 is 19.5 Å². The van der Waals surface area contributed by atoms with Crippen LogP contribution in [0.4, 0.5) is 0 Å². The monoisotopic (exact) mass is 297 g/mol. The fraction of sp³-hybridized carbons (Fsp3) is 0.846. The highest BCUT2D eigenvalue weighted by molar-refractivity contribution is 5.95. The number of ether oxygens (including phenoxy) is 1. The van der Waals surface area contributed by atoms with Crippen molar-refractivity contribution in [3.05, 3.63) is 10.1 Å². The molecule has 0 aromatic heterocycles. The molecule has 2 saturated carbocycles. The van der Waals surface area contributed by atoms with Gasteiger partial charge in [-0.1, -0.05) is 0 Å². The average Bonchev–Trinajstić information content (AvgIpc) is 3.37. The fourth-order valence-electron chi connectivity index (χ4n) is 2.88. The van der Waals surface area contributed by atoms with Gasteiger partial charge in [-0.2, -0.15) is 0 Å². The Hall–Kier alpha value is -1.86. The third kappa shape index (κ3) is 3.43. The van der Waals surface area contributed by atoms with Gasteiger partial charge >= 0.3 is 0 Å². The molecule has 3 rings (SSSR count). The van der Waals surface area contributed by atoms with Gasteiger partial charge in [0.15, 0.2) is 0 Å². The Kier molecular flexibility index (Phi) is 3.94. The summed E-state index contributed by atoms with van der Waals surface area (Å²) in [5.41, 5.74) is 0. The summed E-state index contributed by atoms with van der Waals surface area (Å²) in [6.07, 6.45) is 4.49. The number of amides is 1. The zero-order valence-electron chi connectivity index (χ0n) is 11.8. The van der Waals surface area contributed by atoms with E-state index in [0.29, 0.717) is 31.0 Å².